The maximum atomic E-state index is 13.3. The van der Waals surface area contributed by atoms with Crippen LogP contribution < -0.4 is 5.32 Å². The Bertz CT molecular complexity index is 1850. The van der Waals surface area contributed by atoms with E-state index in [1.54, 1.807) is 6.08 Å². The molecule has 0 radical (unpaired) electrons. The zero-order valence-electron chi connectivity index (χ0n) is 55.2. The molecule has 9 N–H and O–H groups in total. The molecule has 2 rings (SSSR count). The Balaban J connectivity index is 1.71. The molecule has 2 saturated heterocycles. The zero-order chi connectivity index (χ0) is 63.8. The molecule has 0 saturated carbocycles. The summed E-state index contributed by atoms with van der Waals surface area (Å²) in [7, 11) is 0. The van der Waals surface area contributed by atoms with Crippen molar-refractivity contribution in [3.05, 3.63) is 97.2 Å². The number of ether oxygens (including phenoxy) is 4. The number of carbonyl (C=O) groups excluding carboxylic acids is 1. The van der Waals surface area contributed by atoms with Crippen LogP contribution in [0.2, 0.25) is 0 Å². The Morgan fingerprint density at radius 2 is 0.784 bits per heavy atom. The summed E-state index contributed by atoms with van der Waals surface area (Å²) < 4.78 is 22.9. The van der Waals surface area contributed by atoms with Gasteiger partial charge < -0.3 is 65.1 Å². The van der Waals surface area contributed by atoms with E-state index < -0.39 is 86.8 Å². The van der Waals surface area contributed by atoms with Gasteiger partial charge in [-0.2, -0.15) is 0 Å². The quantitative estimate of drug-likeness (QED) is 0.0204. The van der Waals surface area contributed by atoms with Gasteiger partial charge in [0.15, 0.2) is 12.6 Å². The molecule has 1 amide bonds. The maximum absolute atomic E-state index is 13.3. The van der Waals surface area contributed by atoms with Crippen molar-refractivity contribution in [3.8, 4) is 0 Å². The molecule has 2 heterocycles. The van der Waals surface area contributed by atoms with Crippen molar-refractivity contribution in [2.24, 2.45) is 0 Å². The van der Waals surface area contributed by atoms with Crippen LogP contribution >= 0.6 is 0 Å². The number of unbranched alkanes of at least 4 members (excludes halogenated alkanes) is 30. The van der Waals surface area contributed by atoms with Gasteiger partial charge in [-0.25, -0.2) is 0 Å². The molecule has 2 fully saturated rings. The van der Waals surface area contributed by atoms with Crippen LogP contribution in [0.4, 0.5) is 0 Å². The Kier molecular flexibility index (Phi) is 53.2. The fourth-order valence-corrected chi connectivity index (χ4v) is 11.2. The van der Waals surface area contributed by atoms with Crippen molar-refractivity contribution in [1.82, 2.24) is 5.32 Å². The summed E-state index contributed by atoms with van der Waals surface area (Å²) in [6.07, 6.45) is 64.5. The number of amides is 1. The molecule has 0 aromatic rings. The number of rotatable bonds is 57. The molecule has 88 heavy (non-hydrogen) atoms. The van der Waals surface area contributed by atoms with Crippen LogP contribution in [0.5, 0.6) is 0 Å². The molecule has 12 unspecified atom stereocenters. The van der Waals surface area contributed by atoms with Crippen molar-refractivity contribution in [2.45, 2.75) is 344 Å². The van der Waals surface area contributed by atoms with Crippen molar-refractivity contribution < 1.29 is 64.6 Å². The van der Waals surface area contributed by atoms with E-state index in [-0.39, 0.29) is 18.9 Å². The minimum Gasteiger partial charge on any atom is -0.394 e. The molecule has 0 bridgehead atoms. The van der Waals surface area contributed by atoms with Gasteiger partial charge in [0, 0.05) is 6.42 Å². The predicted molar refractivity (Wildman–Crippen MR) is 359 cm³/mol. The average Bonchev–Trinajstić information content (AvgIpc) is 1.93. The Morgan fingerprint density at radius 1 is 0.420 bits per heavy atom. The third-order valence-corrected chi connectivity index (χ3v) is 16.8. The highest BCUT2D eigenvalue weighted by molar-refractivity contribution is 5.76. The van der Waals surface area contributed by atoms with Crippen LogP contribution in [0.25, 0.3) is 0 Å². The topological polar surface area (TPSA) is 228 Å². The van der Waals surface area contributed by atoms with Crippen LogP contribution in [-0.2, 0) is 23.7 Å². The standard InChI is InChI=1S/C74H129NO13/c1-3-5-7-9-11-13-15-17-19-21-23-25-27-29-31-33-35-37-39-41-43-45-47-49-51-53-55-57-63(78)62(61-85-73-71(84)69(82)72(65(60-77)87-73)88-74-70(83)68(81)67(80)64(59-76)86-74)75-66(79)58-56-54-52-50-48-46-44-42-40-38-36-34-32-30-28-26-24-22-20-18-16-14-12-10-8-6-4-2/h6,8,12,14,18,20,24,26,30,32,36,38,42,44,55,57,62-65,67-74,76-78,80-84H,3-5,7,9-11,13,15-17,19,21-23,25,27-29,31,33-35,37,39-41,43,45-54,56,58-61H2,1-2H3,(H,75,79)/b8-6-,14-12-,20-18-,26-24-,32-30-,38-36-,44-42-,57-55+. The molecule has 0 aliphatic carbocycles. The SMILES string of the molecule is CC/C=C\C/C=C\C/C=C\C/C=C\C/C=C\C/C=C\C/C=C\CCCCCCCC(=O)NC(COC1OC(CO)C(OC2OC(CO)C(O)C(O)C2O)C(O)C1O)C(O)/C=C/CCCCCCCCCCCCCCCCCCCCCCCCCCC. The number of nitrogens with one attached hydrogen (secondary N) is 1. The summed E-state index contributed by atoms with van der Waals surface area (Å²) in [6, 6.07) is -0.934. The van der Waals surface area contributed by atoms with E-state index in [1.807, 2.05) is 6.08 Å². The highest BCUT2D eigenvalue weighted by Gasteiger charge is 2.51. The fourth-order valence-electron chi connectivity index (χ4n) is 11.2. The normalized spacial score (nSPS) is 23.8. The minimum atomic E-state index is -1.80. The van der Waals surface area contributed by atoms with Crippen LogP contribution in [0.3, 0.4) is 0 Å². The van der Waals surface area contributed by atoms with Gasteiger partial charge in [0.2, 0.25) is 5.91 Å². The monoisotopic (exact) mass is 1240 g/mol. The molecular weight excluding hydrogens is 1110 g/mol. The van der Waals surface area contributed by atoms with Crippen molar-refractivity contribution in [1.29, 1.82) is 0 Å². The van der Waals surface area contributed by atoms with Crippen LogP contribution in [0.15, 0.2) is 97.2 Å². The molecule has 2 aliphatic rings. The molecule has 12 atom stereocenters. The molecule has 14 heteroatoms. The Labute approximate surface area is 534 Å². The van der Waals surface area contributed by atoms with Crippen molar-refractivity contribution in [3.63, 3.8) is 0 Å². The van der Waals surface area contributed by atoms with E-state index in [0.29, 0.717) is 6.42 Å². The smallest absolute Gasteiger partial charge is 0.220 e. The van der Waals surface area contributed by atoms with Gasteiger partial charge in [-0.05, 0) is 77.0 Å². The second-order valence-electron chi connectivity index (χ2n) is 24.6. The lowest BCUT2D eigenvalue weighted by Crippen LogP contribution is -2.65. The van der Waals surface area contributed by atoms with Gasteiger partial charge in [-0.3, -0.25) is 4.79 Å². The third kappa shape index (κ3) is 41.4. The Hall–Kier alpha value is -3.09. The van der Waals surface area contributed by atoms with Crippen molar-refractivity contribution >= 4 is 5.91 Å². The molecule has 0 aromatic heterocycles. The van der Waals surface area contributed by atoms with Gasteiger partial charge >= 0.3 is 0 Å². The highest BCUT2D eigenvalue weighted by Crippen LogP contribution is 2.30. The molecule has 508 valence electrons. The zero-order valence-corrected chi connectivity index (χ0v) is 55.2. The maximum Gasteiger partial charge on any atom is 0.220 e. The number of hydrogen-bond acceptors (Lipinski definition) is 13. The molecule has 0 aromatic carbocycles. The average molecular weight is 1240 g/mol. The van der Waals surface area contributed by atoms with Gasteiger partial charge in [-0.15, -0.1) is 0 Å². The van der Waals surface area contributed by atoms with Gasteiger partial charge in [0.25, 0.3) is 0 Å². The summed E-state index contributed by atoms with van der Waals surface area (Å²) in [5.74, 6) is -0.259. The van der Waals surface area contributed by atoms with E-state index in [1.165, 1.54) is 148 Å². The first-order valence-electron chi connectivity index (χ1n) is 35.5. The number of aliphatic hydroxyl groups is 8. The number of aliphatic hydroxyl groups excluding tert-OH is 8. The molecule has 14 nitrogen and oxygen atoms in total. The lowest BCUT2D eigenvalue weighted by atomic mass is 9.97. The van der Waals surface area contributed by atoms with Crippen LogP contribution in [0.1, 0.15) is 271 Å². The first-order chi connectivity index (χ1) is 43.1. The van der Waals surface area contributed by atoms with Crippen LogP contribution in [0, 0.1) is 0 Å². The number of allylic oxidation sites excluding steroid dienone is 15. The lowest BCUT2D eigenvalue weighted by molar-refractivity contribution is -0.359. The first-order valence-corrected chi connectivity index (χ1v) is 35.5. The van der Waals surface area contributed by atoms with Gasteiger partial charge in [0.1, 0.15) is 48.8 Å². The largest absolute Gasteiger partial charge is 0.394 e. The van der Waals surface area contributed by atoms with Gasteiger partial charge in [-0.1, -0.05) is 284 Å². The summed E-state index contributed by atoms with van der Waals surface area (Å²) in [4.78, 5) is 13.3. The van der Waals surface area contributed by atoms with E-state index in [9.17, 15) is 45.6 Å². The summed E-state index contributed by atoms with van der Waals surface area (Å²) in [5.41, 5.74) is 0. The lowest BCUT2D eigenvalue weighted by Gasteiger charge is -2.46. The third-order valence-electron chi connectivity index (χ3n) is 16.8. The molecule has 0 spiro atoms. The van der Waals surface area contributed by atoms with E-state index in [2.05, 4.69) is 104 Å². The molecule has 2 aliphatic heterocycles. The second-order valence-corrected chi connectivity index (χ2v) is 24.6. The van der Waals surface area contributed by atoms with Crippen molar-refractivity contribution in [2.75, 3.05) is 19.8 Å². The second kappa shape index (κ2) is 57.8. The first kappa shape index (κ1) is 81.0. The number of carbonyl (C=O) groups is 1. The van der Waals surface area contributed by atoms with Crippen LogP contribution in [-0.4, -0.2) is 140 Å². The van der Waals surface area contributed by atoms with Gasteiger partial charge in [0.05, 0.1) is 32.0 Å². The summed E-state index contributed by atoms with van der Waals surface area (Å²) in [6.45, 7) is 2.69. The highest BCUT2D eigenvalue weighted by atomic mass is 16.7. The summed E-state index contributed by atoms with van der Waals surface area (Å²) >= 11 is 0. The minimum absolute atomic E-state index is 0.253. The van der Waals surface area contributed by atoms with E-state index in [4.69, 9.17) is 18.9 Å². The predicted octanol–water partition coefficient (Wildman–Crippen LogP) is 14.6. The Morgan fingerprint density at radius 3 is 1.20 bits per heavy atom. The van der Waals surface area contributed by atoms with E-state index >= 15 is 0 Å². The number of hydrogen-bond donors (Lipinski definition) is 9. The van der Waals surface area contributed by atoms with E-state index in [0.717, 1.165) is 96.3 Å². The molecular formula is C74H129NO13. The summed E-state index contributed by atoms with van der Waals surface area (Å²) in [5, 5.41) is 87.5. The fraction of sp³-hybridized carbons (Fsp3) is 0.770.